The molecule has 0 aliphatic heterocycles. The first-order valence-electron chi connectivity index (χ1n) is 7.10. The Kier molecular flexibility index (Phi) is 5.39. The number of rotatable bonds is 3. The van der Waals surface area contributed by atoms with E-state index in [2.05, 4.69) is 11.8 Å². The van der Waals surface area contributed by atoms with E-state index in [1.165, 1.54) is 11.7 Å². The topological polar surface area (TPSA) is 77.8 Å². The van der Waals surface area contributed by atoms with Crippen LogP contribution in [-0.2, 0) is 14.3 Å². The zero-order chi connectivity index (χ0) is 16.8. The van der Waals surface area contributed by atoms with Crippen molar-refractivity contribution >= 4 is 23.0 Å². The van der Waals surface area contributed by atoms with Gasteiger partial charge in [0.15, 0.2) is 6.10 Å². The largest absolute Gasteiger partial charge is 0.464 e. The van der Waals surface area contributed by atoms with Crippen LogP contribution in [0.4, 0.5) is 4.79 Å². The third-order valence-electron chi connectivity index (χ3n) is 3.16. The van der Waals surface area contributed by atoms with Crippen molar-refractivity contribution in [1.29, 1.82) is 0 Å². The molecule has 0 amide bonds. The molecule has 1 N–H and O–H groups in total. The summed E-state index contributed by atoms with van der Waals surface area (Å²) in [5.41, 5.74) is 1.29. The predicted octanol–water partition coefficient (Wildman–Crippen LogP) is 1.92. The van der Waals surface area contributed by atoms with Gasteiger partial charge in [0.25, 0.3) is 0 Å². The predicted molar refractivity (Wildman–Crippen MR) is 83.9 cm³/mol. The van der Waals surface area contributed by atoms with Gasteiger partial charge in [-0.3, -0.25) is 4.57 Å². The van der Waals surface area contributed by atoms with Gasteiger partial charge in [-0.2, -0.15) is 0 Å². The van der Waals surface area contributed by atoms with E-state index in [0.717, 1.165) is 5.39 Å². The summed E-state index contributed by atoms with van der Waals surface area (Å²) in [5.74, 6) is 4.91. The molecular formula is C17H17NO5. The number of esters is 1. The number of hydrogen-bond acceptors (Lipinski definition) is 5. The van der Waals surface area contributed by atoms with Crippen LogP contribution in [0.5, 0.6) is 0 Å². The Bertz CT molecular complexity index is 781. The van der Waals surface area contributed by atoms with Gasteiger partial charge in [0.2, 0.25) is 0 Å². The maximum atomic E-state index is 11.8. The van der Waals surface area contributed by atoms with Crippen LogP contribution in [0, 0.1) is 11.8 Å². The van der Waals surface area contributed by atoms with Crippen LogP contribution in [0.3, 0.4) is 0 Å². The second-order valence-electron chi connectivity index (χ2n) is 4.67. The third-order valence-corrected chi connectivity index (χ3v) is 3.16. The molecule has 0 aliphatic rings. The molecule has 0 aliphatic carbocycles. The second-order valence-corrected chi connectivity index (χ2v) is 4.67. The lowest BCUT2D eigenvalue weighted by Crippen LogP contribution is -2.22. The van der Waals surface area contributed by atoms with Gasteiger partial charge < -0.3 is 14.6 Å². The van der Waals surface area contributed by atoms with Crippen molar-refractivity contribution in [2.75, 3.05) is 13.7 Å². The summed E-state index contributed by atoms with van der Waals surface area (Å²) in [6.45, 7) is 1.87. The molecule has 1 unspecified atom stereocenters. The van der Waals surface area contributed by atoms with Crippen molar-refractivity contribution in [2.45, 2.75) is 19.4 Å². The van der Waals surface area contributed by atoms with Crippen molar-refractivity contribution < 1.29 is 24.2 Å². The van der Waals surface area contributed by atoms with Crippen molar-refractivity contribution in [3.05, 3.63) is 36.0 Å². The quantitative estimate of drug-likeness (QED) is 0.691. The molecular weight excluding hydrogens is 298 g/mol. The van der Waals surface area contributed by atoms with Crippen molar-refractivity contribution in [3.8, 4) is 11.8 Å². The van der Waals surface area contributed by atoms with Gasteiger partial charge in [-0.05, 0) is 13.0 Å². The van der Waals surface area contributed by atoms with E-state index in [4.69, 9.17) is 9.47 Å². The van der Waals surface area contributed by atoms with Crippen molar-refractivity contribution in [3.63, 3.8) is 0 Å². The van der Waals surface area contributed by atoms with Gasteiger partial charge in [-0.25, -0.2) is 9.59 Å². The second kappa shape index (κ2) is 7.47. The van der Waals surface area contributed by atoms with Crippen molar-refractivity contribution in [1.82, 2.24) is 4.57 Å². The molecule has 1 aromatic carbocycles. The zero-order valence-electron chi connectivity index (χ0n) is 12.9. The highest BCUT2D eigenvalue weighted by Gasteiger charge is 2.15. The van der Waals surface area contributed by atoms with E-state index in [1.54, 1.807) is 19.2 Å². The smallest absolute Gasteiger partial charge is 0.418 e. The Morgan fingerprint density at radius 2 is 2.09 bits per heavy atom. The summed E-state index contributed by atoms with van der Waals surface area (Å²) < 4.78 is 10.8. The number of fused-ring (bicyclic) bond motifs is 1. The van der Waals surface area contributed by atoms with E-state index in [9.17, 15) is 14.7 Å². The van der Waals surface area contributed by atoms with Crippen LogP contribution in [0.1, 0.15) is 18.9 Å². The molecule has 1 atom stereocenters. The molecule has 0 fully saturated rings. The van der Waals surface area contributed by atoms with E-state index in [-0.39, 0.29) is 13.0 Å². The molecule has 2 rings (SSSR count). The van der Waals surface area contributed by atoms with E-state index in [0.29, 0.717) is 11.1 Å². The fourth-order valence-corrected chi connectivity index (χ4v) is 2.09. The molecule has 2 aromatic rings. The van der Waals surface area contributed by atoms with Gasteiger partial charge in [0.05, 0.1) is 24.8 Å². The van der Waals surface area contributed by atoms with Crippen LogP contribution < -0.4 is 0 Å². The molecule has 23 heavy (non-hydrogen) atoms. The molecule has 0 saturated heterocycles. The molecule has 0 saturated carbocycles. The number of aliphatic hydroxyl groups excluding tert-OH is 1. The Morgan fingerprint density at radius 1 is 1.35 bits per heavy atom. The van der Waals surface area contributed by atoms with Gasteiger partial charge in [-0.15, -0.1) is 0 Å². The minimum Gasteiger partial charge on any atom is -0.464 e. The number of aliphatic hydroxyl groups is 1. The van der Waals surface area contributed by atoms with Gasteiger partial charge in [0, 0.05) is 18.0 Å². The number of hydrogen-bond donors (Lipinski definition) is 1. The summed E-state index contributed by atoms with van der Waals surface area (Å²) in [7, 11) is 1.30. The molecule has 1 heterocycles. The van der Waals surface area contributed by atoms with Gasteiger partial charge >= 0.3 is 12.1 Å². The minimum atomic E-state index is -1.28. The normalized spacial score (nSPS) is 11.4. The number of para-hydroxylation sites is 1. The fraction of sp³-hybridized carbons (Fsp3) is 0.294. The zero-order valence-corrected chi connectivity index (χ0v) is 12.9. The van der Waals surface area contributed by atoms with Crippen molar-refractivity contribution in [2.24, 2.45) is 0 Å². The highest BCUT2D eigenvalue weighted by atomic mass is 16.5. The van der Waals surface area contributed by atoms with Crippen LogP contribution in [0.25, 0.3) is 10.9 Å². The standard InChI is InChI=1S/C17H17NO5/c1-3-23-16(20)15(19)10-6-7-12-11-18(17(21)22-2)14-9-5-4-8-13(12)14/h4-5,8-9,11,15,19H,3,10H2,1-2H3. The van der Waals surface area contributed by atoms with E-state index >= 15 is 0 Å². The number of carbonyl (C=O) groups is 2. The molecule has 1 aromatic heterocycles. The number of aromatic nitrogens is 1. The maximum Gasteiger partial charge on any atom is 0.418 e. The molecule has 120 valence electrons. The summed E-state index contributed by atoms with van der Waals surface area (Å²) in [4.78, 5) is 23.1. The third kappa shape index (κ3) is 3.71. The number of methoxy groups -OCH3 is 1. The van der Waals surface area contributed by atoms with E-state index in [1.807, 2.05) is 18.2 Å². The average Bonchev–Trinajstić information content (AvgIpc) is 2.93. The van der Waals surface area contributed by atoms with E-state index < -0.39 is 18.2 Å². The lowest BCUT2D eigenvalue weighted by molar-refractivity contribution is -0.152. The van der Waals surface area contributed by atoms with Crippen LogP contribution >= 0.6 is 0 Å². The highest BCUT2D eigenvalue weighted by molar-refractivity contribution is 5.93. The van der Waals surface area contributed by atoms with Crippen LogP contribution in [0.15, 0.2) is 30.5 Å². The SMILES string of the molecule is CCOC(=O)C(O)CC#Cc1cn(C(=O)OC)c2ccccc12. The Labute approximate surface area is 133 Å². The van der Waals surface area contributed by atoms with Gasteiger partial charge in [0.1, 0.15) is 0 Å². The Morgan fingerprint density at radius 3 is 2.78 bits per heavy atom. The molecule has 0 radical (unpaired) electrons. The van der Waals surface area contributed by atoms with Gasteiger partial charge in [-0.1, -0.05) is 30.0 Å². The van der Waals surface area contributed by atoms with Crippen LogP contribution in [0.2, 0.25) is 0 Å². The summed E-state index contributed by atoms with van der Waals surface area (Å²) >= 11 is 0. The molecule has 0 bridgehead atoms. The monoisotopic (exact) mass is 315 g/mol. The Hall–Kier alpha value is -2.78. The molecule has 6 nitrogen and oxygen atoms in total. The first-order chi connectivity index (χ1) is 11.1. The number of carbonyl (C=O) groups excluding carboxylic acids is 2. The number of ether oxygens (including phenoxy) is 2. The number of benzene rings is 1. The summed E-state index contributed by atoms with van der Waals surface area (Å²) in [6, 6.07) is 7.26. The molecule has 0 spiro atoms. The molecule has 6 heteroatoms. The number of nitrogens with zero attached hydrogens (tertiary/aromatic N) is 1. The lowest BCUT2D eigenvalue weighted by atomic mass is 10.1. The van der Waals surface area contributed by atoms with Crippen LogP contribution in [-0.4, -0.2) is 41.6 Å². The highest BCUT2D eigenvalue weighted by Crippen LogP contribution is 2.20. The summed E-state index contributed by atoms with van der Waals surface area (Å²) in [6.07, 6.45) is -0.270. The first kappa shape index (κ1) is 16.6. The maximum absolute atomic E-state index is 11.8. The Balaban J connectivity index is 2.26. The minimum absolute atomic E-state index is 0.0451. The summed E-state index contributed by atoms with van der Waals surface area (Å²) in [5, 5.41) is 10.4. The average molecular weight is 315 g/mol. The fourth-order valence-electron chi connectivity index (χ4n) is 2.09. The first-order valence-corrected chi connectivity index (χ1v) is 7.10. The lowest BCUT2D eigenvalue weighted by Gasteiger charge is -2.04.